The van der Waals surface area contributed by atoms with E-state index in [1.54, 1.807) is 43.5 Å². The Kier molecular flexibility index (Phi) is 10.5. The molecular weight excluding hydrogens is 510 g/mol. The molecule has 2 aliphatic rings. The van der Waals surface area contributed by atoms with E-state index >= 15 is 0 Å². The van der Waals surface area contributed by atoms with Gasteiger partial charge in [0.05, 0.1) is 38.0 Å². The van der Waals surface area contributed by atoms with Crippen molar-refractivity contribution < 1.29 is 33.6 Å². The van der Waals surface area contributed by atoms with Gasteiger partial charge >= 0.3 is 0 Å². The van der Waals surface area contributed by atoms with Crippen molar-refractivity contribution in [3.05, 3.63) is 59.2 Å². The highest BCUT2D eigenvalue weighted by atomic mass is 16.5. The summed E-state index contributed by atoms with van der Waals surface area (Å²) >= 11 is 0. The third-order valence-corrected chi connectivity index (χ3v) is 7.37. The van der Waals surface area contributed by atoms with E-state index in [0.29, 0.717) is 48.2 Å². The van der Waals surface area contributed by atoms with Crippen LogP contribution in [0.4, 0.5) is 0 Å². The lowest BCUT2D eigenvalue weighted by Crippen LogP contribution is -2.36. The zero-order valence-corrected chi connectivity index (χ0v) is 23.8. The summed E-state index contributed by atoms with van der Waals surface area (Å²) in [4.78, 5) is 28.3. The van der Waals surface area contributed by atoms with Gasteiger partial charge in [-0.15, -0.1) is 0 Å². The Morgan fingerprint density at radius 3 is 2.40 bits per heavy atom. The summed E-state index contributed by atoms with van der Waals surface area (Å²) < 4.78 is 23.1. The third-order valence-electron chi connectivity index (χ3n) is 7.37. The number of amides is 1. The summed E-state index contributed by atoms with van der Waals surface area (Å²) in [7, 11) is 1.56. The number of aliphatic hydroxyl groups is 1. The predicted octanol–water partition coefficient (Wildman–Crippen LogP) is 6.04. The maximum Gasteiger partial charge on any atom is 0.295 e. The van der Waals surface area contributed by atoms with Crippen LogP contribution >= 0.6 is 0 Å². The second kappa shape index (κ2) is 14.2. The van der Waals surface area contributed by atoms with Crippen LogP contribution in [0, 0.1) is 0 Å². The van der Waals surface area contributed by atoms with Gasteiger partial charge in [-0.05, 0) is 67.6 Å². The molecule has 2 aromatic carbocycles. The Bertz CT molecular complexity index is 1180. The number of benzene rings is 2. The van der Waals surface area contributed by atoms with Gasteiger partial charge in [0.2, 0.25) is 0 Å². The molecule has 1 N–H and O–H groups in total. The largest absolute Gasteiger partial charge is 0.507 e. The zero-order valence-electron chi connectivity index (χ0n) is 23.8. The summed E-state index contributed by atoms with van der Waals surface area (Å²) in [5, 5.41) is 11.4. The number of ketones is 1. The molecule has 4 rings (SSSR count). The summed E-state index contributed by atoms with van der Waals surface area (Å²) in [5.41, 5.74) is 1.13. The Morgan fingerprint density at radius 1 is 0.975 bits per heavy atom. The lowest BCUT2D eigenvalue weighted by atomic mass is 9.94. The van der Waals surface area contributed by atoms with Crippen molar-refractivity contribution in [1.82, 2.24) is 4.90 Å². The number of ether oxygens (including phenoxy) is 4. The number of nitrogens with zero attached hydrogens (tertiary/aromatic N) is 1. The van der Waals surface area contributed by atoms with Crippen molar-refractivity contribution in [2.45, 2.75) is 70.9 Å². The maximum absolute atomic E-state index is 13.4. The van der Waals surface area contributed by atoms with E-state index in [9.17, 15) is 14.7 Å². The monoisotopic (exact) mass is 551 g/mol. The predicted molar refractivity (Wildman–Crippen MR) is 153 cm³/mol. The molecule has 0 unspecified atom stereocenters. The molecule has 2 saturated heterocycles. The number of likely N-dealkylation sites (tertiary alicyclic amines) is 1. The second-order valence-electron chi connectivity index (χ2n) is 10.3. The van der Waals surface area contributed by atoms with Crippen LogP contribution in [-0.2, 0) is 14.3 Å². The SMILES string of the molecule is CCCCCOc1ccc([C@@H]2C(=C(O)c3ccc(OCCCC)cc3)C(=O)C(=O)N2C[C@H]2CCCO2)cc1OC. The quantitative estimate of drug-likeness (QED) is 0.132. The van der Waals surface area contributed by atoms with Gasteiger partial charge in [-0.25, -0.2) is 0 Å². The molecule has 0 aliphatic carbocycles. The summed E-state index contributed by atoms with van der Waals surface area (Å²) in [6.07, 6.45) is 6.63. The number of aliphatic hydroxyl groups excluding tert-OH is 1. The smallest absolute Gasteiger partial charge is 0.295 e. The van der Waals surface area contributed by atoms with Crippen LogP contribution in [0.25, 0.3) is 5.76 Å². The Morgan fingerprint density at radius 2 is 1.73 bits per heavy atom. The molecule has 2 aromatic rings. The average molecular weight is 552 g/mol. The standard InChI is InChI=1S/C32H41NO7/c1-4-6-8-18-40-26-16-13-23(20-27(26)37-3)29-28(31(35)32(36)33(29)21-25-10-9-19-39-25)30(34)22-11-14-24(15-12-22)38-17-7-5-2/h11-16,20,25,29,34H,4-10,17-19,21H2,1-3H3/t25-,29-/m1/s1. The lowest BCUT2D eigenvalue weighted by Gasteiger charge is -2.28. The number of carbonyl (C=O) groups is 2. The van der Waals surface area contributed by atoms with E-state index in [-0.39, 0.29) is 24.0 Å². The van der Waals surface area contributed by atoms with Gasteiger partial charge in [-0.1, -0.05) is 39.2 Å². The molecule has 1 amide bonds. The molecule has 0 saturated carbocycles. The molecule has 2 heterocycles. The van der Waals surface area contributed by atoms with Crippen LogP contribution < -0.4 is 14.2 Å². The summed E-state index contributed by atoms with van der Waals surface area (Å²) in [5.74, 6) is 0.183. The van der Waals surface area contributed by atoms with E-state index < -0.39 is 17.7 Å². The van der Waals surface area contributed by atoms with Crippen molar-refractivity contribution >= 4 is 17.4 Å². The Labute approximate surface area is 236 Å². The van der Waals surface area contributed by atoms with Gasteiger partial charge in [0.15, 0.2) is 11.5 Å². The number of rotatable bonds is 14. The molecule has 0 radical (unpaired) electrons. The van der Waals surface area contributed by atoms with Crippen LogP contribution in [0.15, 0.2) is 48.0 Å². The molecule has 0 spiro atoms. The molecule has 2 fully saturated rings. The first-order valence-electron chi connectivity index (χ1n) is 14.4. The van der Waals surface area contributed by atoms with E-state index in [0.717, 1.165) is 44.9 Å². The van der Waals surface area contributed by atoms with Crippen molar-refractivity contribution in [2.75, 3.05) is 33.5 Å². The highest BCUT2D eigenvalue weighted by Crippen LogP contribution is 2.42. The zero-order chi connectivity index (χ0) is 28.5. The van der Waals surface area contributed by atoms with Crippen molar-refractivity contribution in [3.63, 3.8) is 0 Å². The van der Waals surface area contributed by atoms with Crippen molar-refractivity contribution in [3.8, 4) is 17.2 Å². The van der Waals surface area contributed by atoms with E-state index in [1.165, 1.54) is 4.90 Å². The van der Waals surface area contributed by atoms with Crippen LogP contribution in [0.5, 0.6) is 17.2 Å². The Balaban J connectivity index is 1.70. The van der Waals surface area contributed by atoms with E-state index in [2.05, 4.69) is 13.8 Å². The second-order valence-corrected chi connectivity index (χ2v) is 10.3. The normalized spacial score (nSPS) is 20.2. The highest BCUT2D eigenvalue weighted by molar-refractivity contribution is 6.46. The number of methoxy groups -OCH3 is 1. The molecule has 40 heavy (non-hydrogen) atoms. The third kappa shape index (κ3) is 6.78. The van der Waals surface area contributed by atoms with E-state index in [1.807, 2.05) is 6.07 Å². The van der Waals surface area contributed by atoms with Crippen molar-refractivity contribution in [2.24, 2.45) is 0 Å². The maximum atomic E-state index is 13.4. The summed E-state index contributed by atoms with van der Waals surface area (Å²) in [6, 6.07) is 11.5. The molecule has 8 nitrogen and oxygen atoms in total. The van der Waals surface area contributed by atoms with Gasteiger partial charge in [0.25, 0.3) is 11.7 Å². The number of Topliss-reactive ketones (excluding diaryl/α,β-unsaturated/α-hetero) is 1. The highest BCUT2D eigenvalue weighted by Gasteiger charge is 2.47. The van der Waals surface area contributed by atoms with Gasteiger partial charge in [-0.2, -0.15) is 0 Å². The van der Waals surface area contributed by atoms with E-state index in [4.69, 9.17) is 18.9 Å². The topological polar surface area (TPSA) is 94.5 Å². The molecule has 0 aromatic heterocycles. The number of hydrogen-bond acceptors (Lipinski definition) is 7. The van der Waals surface area contributed by atoms with Gasteiger partial charge in [0, 0.05) is 18.7 Å². The number of carbonyl (C=O) groups excluding carboxylic acids is 2. The van der Waals surface area contributed by atoms with Crippen LogP contribution in [0.1, 0.15) is 76.0 Å². The summed E-state index contributed by atoms with van der Waals surface area (Å²) in [6.45, 7) is 6.30. The number of hydrogen-bond donors (Lipinski definition) is 1. The molecule has 2 aliphatic heterocycles. The molecule has 8 heteroatoms. The minimum atomic E-state index is -0.798. The van der Waals surface area contributed by atoms with Crippen molar-refractivity contribution in [1.29, 1.82) is 0 Å². The molecule has 2 atom stereocenters. The first-order chi connectivity index (χ1) is 19.5. The Hall–Kier alpha value is -3.52. The fourth-order valence-electron chi connectivity index (χ4n) is 5.13. The van der Waals surface area contributed by atoms with Gasteiger partial charge in [-0.3, -0.25) is 9.59 Å². The minimum absolute atomic E-state index is 0.0429. The van der Waals surface area contributed by atoms with Crippen LogP contribution in [0.3, 0.4) is 0 Å². The van der Waals surface area contributed by atoms with Gasteiger partial charge in [0.1, 0.15) is 11.5 Å². The molecular formula is C32H41NO7. The number of unbranched alkanes of at least 4 members (excludes halogenated alkanes) is 3. The van der Waals surface area contributed by atoms with Gasteiger partial charge < -0.3 is 29.0 Å². The molecule has 0 bridgehead atoms. The lowest BCUT2D eigenvalue weighted by molar-refractivity contribution is -0.140. The fraction of sp³-hybridized carbons (Fsp3) is 0.500. The van der Waals surface area contributed by atoms with Crippen LogP contribution in [-0.4, -0.2) is 61.3 Å². The van der Waals surface area contributed by atoms with Crippen LogP contribution in [0.2, 0.25) is 0 Å². The molecule has 216 valence electrons. The first kappa shape index (κ1) is 29.5. The average Bonchev–Trinajstić information content (AvgIpc) is 3.58. The first-order valence-corrected chi connectivity index (χ1v) is 14.4. The fourth-order valence-corrected chi connectivity index (χ4v) is 5.13. The minimum Gasteiger partial charge on any atom is -0.507 e.